The highest BCUT2D eigenvalue weighted by Gasteiger charge is 2.70. The van der Waals surface area contributed by atoms with Crippen molar-refractivity contribution in [2.45, 2.75) is 62.8 Å². The van der Waals surface area contributed by atoms with Gasteiger partial charge in [-0.1, -0.05) is 12.2 Å². The van der Waals surface area contributed by atoms with Crippen LogP contribution < -0.4 is 0 Å². The van der Waals surface area contributed by atoms with E-state index in [4.69, 9.17) is 9.47 Å². The lowest BCUT2D eigenvalue weighted by Gasteiger charge is -2.37. The number of alkyl halides is 5. The number of allylic oxidation sites excluding steroid dienone is 2. The van der Waals surface area contributed by atoms with E-state index in [-0.39, 0.29) is 12.3 Å². The predicted octanol–water partition coefficient (Wildman–Crippen LogP) is 3.83. The average Bonchev–Trinajstić information content (AvgIpc) is 3.40. The quantitative estimate of drug-likeness (QED) is 0.251. The summed E-state index contributed by atoms with van der Waals surface area (Å²) in [6.45, 7) is -2.17. The summed E-state index contributed by atoms with van der Waals surface area (Å²) >= 11 is 0. The molecule has 2 bridgehead atoms. The molecule has 11 heteroatoms. The highest BCUT2D eigenvalue weighted by Crippen LogP contribution is 2.59. The summed E-state index contributed by atoms with van der Waals surface area (Å²) in [5.41, 5.74) is 0. The van der Waals surface area contributed by atoms with Gasteiger partial charge in [-0.25, -0.2) is 0 Å². The zero-order valence-electron chi connectivity index (χ0n) is 18.1. The van der Waals surface area contributed by atoms with E-state index in [0.717, 1.165) is 19.3 Å². The van der Waals surface area contributed by atoms with E-state index < -0.39 is 72.5 Å². The fourth-order valence-corrected chi connectivity index (χ4v) is 6.72. The van der Waals surface area contributed by atoms with Crippen molar-refractivity contribution in [1.29, 1.82) is 0 Å². The lowest BCUT2D eigenvalue weighted by atomic mass is 9.69. The number of esters is 3. The second-order valence-electron chi connectivity index (χ2n) is 10.2. The number of carbonyl (C=O) groups is 3. The number of carbonyl (C=O) groups excluding carboxylic acids is 3. The van der Waals surface area contributed by atoms with Gasteiger partial charge in [0.1, 0.15) is 12.2 Å². The molecule has 0 aromatic carbocycles. The second kappa shape index (κ2) is 8.19. The van der Waals surface area contributed by atoms with Crippen molar-refractivity contribution in [3.05, 3.63) is 12.2 Å². The number of halogens is 5. The maximum atomic E-state index is 13.2. The lowest BCUT2D eigenvalue weighted by Crippen LogP contribution is -2.46. The van der Waals surface area contributed by atoms with Crippen molar-refractivity contribution < 1.29 is 50.5 Å². The first-order valence-electron chi connectivity index (χ1n) is 11.6. The Kier molecular flexibility index (Phi) is 5.67. The van der Waals surface area contributed by atoms with Crippen molar-refractivity contribution in [3.63, 3.8) is 0 Å². The number of hydrogen-bond donors (Lipinski definition) is 0. The Bertz CT molecular complexity index is 901. The Morgan fingerprint density at radius 3 is 2.38 bits per heavy atom. The van der Waals surface area contributed by atoms with Crippen LogP contribution in [-0.4, -0.2) is 48.8 Å². The Labute approximate surface area is 192 Å². The van der Waals surface area contributed by atoms with E-state index in [1.54, 1.807) is 0 Å². The molecule has 9 unspecified atom stereocenters. The van der Waals surface area contributed by atoms with E-state index in [2.05, 4.69) is 16.9 Å². The van der Waals surface area contributed by atoms with Gasteiger partial charge >= 0.3 is 30.0 Å². The molecule has 3 saturated carbocycles. The van der Waals surface area contributed by atoms with Crippen LogP contribution in [0.1, 0.15) is 38.5 Å². The van der Waals surface area contributed by atoms with Crippen molar-refractivity contribution in [2.75, 3.05) is 6.61 Å². The Morgan fingerprint density at radius 2 is 1.68 bits per heavy atom. The summed E-state index contributed by atoms with van der Waals surface area (Å²) in [6.07, 6.45) is 1.14. The molecule has 188 valence electrons. The summed E-state index contributed by atoms with van der Waals surface area (Å²) in [5.74, 6) is -10.6. The van der Waals surface area contributed by atoms with Crippen molar-refractivity contribution in [2.24, 2.45) is 41.4 Å². The SMILES string of the molecule is O=C(OC1C2CC3C1OC(=O)C3C2C(=O)OCC(F)(F)C(F)(F)F)C1CCC2CC=CCC2C1. The van der Waals surface area contributed by atoms with Crippen LogP contribution in [0.4, 0.5) is 22.0 Å². The maximum absolute atomic E-state index is 13.2. The topological polar surface area (TPSA) is 78.9 Å². The third-order valence-electron chi connectivity index (χ3n) is 8.40. The fraction of sp³-hybridized carbons (Fsp3) is 0.783. The molecule has 0 radical (unpaired) electrons. The molecule has 4 fully saturated rings. The molecule has 0 amide bonds. The minimum atomic E-state index is -5.87. The van der Waals surface area contributed by atoms with Crippen LogP contribution in [0, 0.1) is 41.4 Å². The van der Waals surface area contributed by atoms with Crippen molar-refractivity contribution in [1.82, 2.24) is 0 Å². The van der Waals surface area contributed by atoms with Gasteiger partial charge in [0.25, 0.3) is 0 Å². The maximum Gasteiger partial charge on any atom is 0.456 e. The molecule has 1 aliphatic heterocycles. The van der Waals surface area contributed by atoms with Crippen LogP contribution in [0.15, 0.2) is 12.2 Å². The minimum Gasteiger partial charge on any atom is -0.459 e. The van der Waals surface area contributed by atoms with Crippen LogP contribution >= 0.6 is 0 Å². The summed E-state index contributed by atoms with van der Waals surface area (Å²) in [4.78, 5) is 37.9. The third kappa shape index (κ3) is 3.79. The van der Waals surface area contributed by atoms with Gasteiger partial charge in [0.05, 0.1) is 17.8 Å². The van der Waals surface area contributed by atoms with E-state index >= 15 is 0 Å². The molecule has 6 nitrogen and oxygen atoms in total. The van der Waals surface area contributed by atoms with Crippen LogP contribution in [-0.2, 0) is 28.6 Å². The van der Waals surface area contributed by atoms with Gasteiger partial charge in [-0.3, -0.25) is 14.4 Å². The molecule has 0 spiro atoms. The zero-order valence-corrected chi connectivity index (χ0v) is 18.1. The molecular weight excluding hydrogens is 467 g/mol. The third-order valence-corrected chi connectivity index (χ3v) is 8.40. The van der Waals surface area contributed by atoms with Crippen molar-refractivity contribution >= 4 is 17.9 Å². The fourth-order valence-electron chi connectivity index (χ4n) is 6.72. The molecule has 1 saturated heterocycles. The van der Waals surface area contributed by atoms with Crippen LogP contribution in [0.25, 0.3) is 0 Å². The van der Waals surface area contributed by atoms with Gasteiger partial charge < -0.3 is 14.2 Å². The van der Waals surface area contributed by atoms with Gasteiger partial charge in [-0.15, -0.1) is 0 Å². The van der Waals surface area contributed by atoms with E-state index in [9.17, 15) is 36.3 Å². The second-order valence-corrected chi connectivity index (χ2v) is 10.2. The predicted molar refractivity (Wildman–Crippen MR) is 103 cm³/mol. The summed E-state index contributed by atoms with van der Waals surface area (Å²) < 4.78 is 79.2. The molecule has 4 aliphatic carbocycles. The summed E-state index contributed by atoms with van der Waals surface area (Å²) in [7, 11) is 0. The molecule has 34 heavy (non-hydrogen) atoms. The van der Waals surface area contributed by atoms with Crippen molar-refractivity contribution in [3.8, 4) is 0 Å². The molecule has 0 aromatic heterocycles. The Morgan fingerprint density at radius 1 is 0.971 bits per heavy atom. The monoisotopic (exact) mass is 492 g/mol. The molecule has 5 rings (SSSR count). The van der Waals surface area contributed by atoms with E-state index in [0.29, 0.717) is 24.7 Å². The first-order chi connectivity index (χ1) is 16.0. The first kappa shape index (κ1) is 23.5. The zero-order chi connectivity index (χ0) is 24.4. The summed E-state index contributed by atoms with van der Waals surface area (Å²) in [5, 5.41) is 0. The number of hydrogen-bond acceptors (Lipinski definition) is 6. The number of rotatable bonds is 5. The van der Waals surface area contributed by atoms with Gasteiger partial charge in [0.2, 0.25) is 0 Å². The molecule has 5 aliphatic rings. The largest absolute Gasteiger partial charge is 0.459 e. The van der Waals surface area contributed by atoms with Gasteiger partial charge in [-0.2, -0.15) is 22.0 Å². The van der Waals surface area contributed by atoms with Crippen LogP contribution in [0.3, 0.4) is 0 Å². The van der Waals surface area contributed by atoms with Gasteiger partial charge in [0.15, 0.2) is 6.61 Å². The summed E-state index contributed by atoms with van der Waals surface area (Å²) in [6, 6.07) is 0. The Hall–Kier alpha value is -2.20. The Balaban J connectivity index is 1.26. The molecular formula is C23H25F5O6. The first-order valence-corrected chi connectivity index (χ1v) is 11.6. The van der Waals surface area contributed by atoms with Gasteiger partial charge in [-0.05, 0) is 50.4 Å². The lowest BCUT2D eigenvalue weighted by molar-refractivity contribution is -0.294. The highest BCUT2D eigenvalue weighted by atomic mass is 19.4. The van der Waals surface area contributed by atoms with E-state index in [1.165, 1.54) is 0 Å². The number of ether oxygens (including phenoxy) is 3. The van der Waals surface area contributed by atoms with Gasteiger partial charge in [0, 0.05) is 11.8 Å². The normalized spacial score (nSPS) is 40.6. The smallest absolute Gasteiger partial charge is 0.456 e. The molecule has 0 aromatic rings. The van der Waals surface area contributed by atoms with Crippen LogP contribution in [0.2, 0.25) is 0 Å². The van der Waals surface area contributed by atoms with E-state index in [1.807, 2.05) is 0 Å². The average molecular weight is 492 g/mol. The highest BCUT2D eigenvalue weighted by molar-refractivity contribution is 5.86. The minimum absolute atomic E-state index is 0.272. The molecule has 9 atom stereocenters. The molecule has 1 heterocycles. The number of fused-ring (bicyclic) bond motifs is 2. The standard InChI is InChI=1S/C23H25F5O6/c24-22(25,23(26,27)28)9-32-20(30)15-13-8-14-16(15)21(31)34-18(14)17(13)33-19(29)12-6-5-10-3-1-2-4-11(10)7-12/h1-2,10-18H,3-9H2. The van der Waals surface area contributed by atoms with Crippen LogP contribution in [0.5, 0.6) is 0 Å². The molecule has 0 N–H and O–H groups in total.